The maximum absolute atomic E-state index is 9.66. The Morgan fingerprint density at radius 3 is 2.81 bits per heavy atom. The minimum Gasteiger partial charge on any atom is -0.382 e. The lowest BCUT2D eigenvalue weighted by Gasteiger charge is -2.33. The van der Waals surface area contributed by atoms with Gasteiger partial charge in [-0.3, -0.25) is 0 Å². The Balaban J connectivity index is 1.66. The molecule has 2 aliphatic rings. The van der Waals surface area contributed by atoms with Crippen molar-refractivity contribution in [3.05, 3.63) is 46.7 Å². The van der Waals surface area contributed by atoms with Gasteiger partial charge in [-0.2, -0.15) is 5.26 Å². The van der Waals surface area contributed by atoms with Gasteiger partial charge >= 0.3 is 0 Å². The highest BCUT2D eigenvalue weighted by molar-refractivity contribution is 6.35. The molecule has 2 saturated heterocycles. The van der Waals surface area contributed by atoms with E-state index in [-0.39, 0.29) is 11.9 Å². The largest absolute Gasteiger partial charge is 0.382 e. The molecule has 1 atom stereocenters. The first-order valence-corrected chi connectivity index (χ1v) is 10.7. The van der Waals surface area contributed by atoms with Crippen LogP contribution in [0, 0.1) is 11.3 Å². The number of aromatic nitrogens is 3. The van der Waals surface area contributed by atoms with Crippen LogP contribution < -0.4 is 15.5 Å². The van der Waals surface area contributed by atoms with Gasteiger partial charge in [0.1, 0.15) is 29.6 Å². The van der Waals surface area contributed by atoms with Crippen LogP contribution in [0.5, 0.6) is 0 Å². The maximum atomic E-state index is 9.66. The molecule has 0 bridgehead atoms. The fourth-order valence-corrected chi connectivity index (χ4v) is 4.72. The van der Waals surface area contributed by atoms with Gasteiger partial charge < -0.3 is 20.3 Å². The number of nitriles is 1. The quantitative estimate of drug-likeness (QED) is 0.668. The minimum absolute atomic E-state index is 0.0233. The Bertz CT molecular complexity index is 1170. The second-order valence-corrected chi connectivity index (χ2v) is 8.14. The van der Waals surface area contributed by atoms with Gasteiger partial charge in [-0.15, -0.1) is 0 Å². The van der Waals surface area contributed by atoms with E-state index in [2.05, 4.69) is 31.9 Å². The predicted molar refractivity (Wildman–Crippen MR) is 120 cm³/mol. The first-order chi connectivity index (χ1) is 15.2. The fourth-order valence-electron chi connectivity index (χ4n) is 4.50. The van der Waals surface area contributed by atoms with Crippen molar-refractivity contribution in [3.8, 4) is 6.07 Å². The number of fused-ring (bicyclic) bond motifs is 1. The number of nitrogen functional groups attached to an aromatic ring is 1. The summed E-state index contributed by atoms with van der Waals surface area (Å²) in [5, 5.41) is 11.3. The number of nitrogens with two attached hydrogens (primary N) is 1. The fraction of sp³-hybridized carbons (Fsp3) is 0.364. The third-order valence-corrected chi connectivity index (χ3v) is 6.27. The van der Waals surface area contributed by atoms with E-state index in [9.17, 15) is 5.26 Å². The predicted octanol–water partition coefficient (Wildman–Crippen LogP) is 3.31. The zero-order chi connectivity index (χ0) is 21.4. The molecule has 2 N–H and O–H groups in total. The van der Waals surface area contributed by atoms with Gasteiger partial charge in [0, 0.05) is 30.6 Å². The van der Waals surface area contributed by atoms with Crippen LogP contribution >= 0.6 is 11.6 Å². The summed E-state index contributed by atoms with van der Waals surface area (Å²) >= 11 is 6.48. The monoisotopic (exact) mass is 435 g/mol. The summed E-state index contributed by atoms with van der Waals surface area (Å²) in [7, 11) is 0. The average Bonchev–Trinajstić information content (AvgIpc) is 3.28. The number of ether oxygens (including phenoxy) is 1. The number of anilines is 3. The number of pyridine rings is 1. The zero-order valence-corrected chi connectivity index (χ0v) is 17.7. The Morgan fingerprint density at radius 1 is 1.16 bits per heavy atom. The van der Waals surface area contributed by atoms with Gasteiger partial charge in [0.15, 0.2) is 5.82 Å². The standard InChI is InChI=1S/C22H22ClN7O/c23-17-4-1-3-14-11-15(22(28-19(14)17)29-7-9-31-10-8-29)18-5-2-6-30(18)21-16(12-24)20(25)26-13-27-21/h1,3-4,11,13,18H,2,5-10H2,(H2,25,26,27)/t18-/m1/s1. The lowest BCUT2D eigenvalue weighted by Crippen LogP contribution is -2.38. The molecule has 0 saturated carbocycles. The van der Waals surface area contributed by atoms with E-state index in [0.29, 0.717) is 29.6 Å². The van der Waals surface area contributed by atoms with Gasteiger partial charge in [0.25, 0.3) is 0 Å². The van der Waals surface area contributed by atoms with Crippen molar-refractivity contribution in [2.24, 2.45) is 0 Å². The van der Waals surface area contributed by atoms with E-state index in [4.69, 9.17) is 27.1 Å². The molecule has 2 aromatic heterocycles. The smallest absolute Gasteiger partial charge is 0.152 e. The molecule has 0 radical (unpaired) electrons. The number of halogens is 1. The zero-order valence-electron chi connectivity index (χ0n) is 17.0. The van der Waals surface area contributed by atoms with Crippen LogP contribution in [-0.4, -0.2) is 47.8 Å². The van der Waals surface area contributed by atoms with Gasteiger partial charge in [0.05, 0.1) is 29.8 Å². The topological polar surface area (TPSA) is 104 Å². The summed E-state index contributed by atoms with van der Waals surface area (Å²) in [4.78, 5) is 17.9. The van der Waals surface area contributed by atoms with Crippen molar-refractivity contribution in [2.45, 2.75) is 18.9 Å². The minimum atomic E-state index is 0.0233. The Hall–Kier alpha value is -3.15. The molecule has 4 heterocycles. The Kier molecular flexibility index (Phi) is 5.22. The van der Waals surface area contributed by atoms with E-state index >= 15 is 0 Å². The van der Waals surface area contributed by atoms with Crippen LogP contribution in [-0.2, 0) is 4.74 Å². The lowest BCUT2D eigenvalue weighted by atomic mass is 10.0. The second-order valence-electron chi connectivity index (χ2n) is 7.73. The molecule has 1 aromatic carbocycles. The summed E-state index contributed by atoms with van der Waals surface area (Å²) in [6.07, 6.45) is 3.33. The molecule has 5 rings (SSSR count). The number of rotatable bonds is 3. The summed E-state index contributed by atoms with van der Waals surface area (Å²) in [6, 6.07) is 10.2. The van der Waals surface area contributed by atoms with Gasteiger partial charge in [-0.1, -0.05) is 23.7 Å². The van der Waals surface area contributed by atoms with Crippen LogP contribution in [0.1, 0.15) is 30.0 Å². The van der Waals surface area contributed by atoms with E-state index in [1.54, 1.807) is 0 Å². The molecule has 0 aliphatic carbocycles. The van der Waals surface area contributed by atoms with Crippen molar-refractivity contribution in [1.82, 2.24) is 15.0 Å². The molecule has 0 amide bonds. The van der Waals surface area contributed by atoms with Crippen molar-refractivity contribution in [2.75, 3.05) is 48.4 Å². The number of nitrogens with zero attached hydrogens (tertiary/aromatic N) is 6. The first kappa shape index (κ1) is 19.8. The van der Waals surface area contributed by atoms with Crippen LogP contribution in [0.3, 0.4) is 0 Å². The van der Waals surface area contributed by atoms with Gasteiger partial charge in [-0.25, -0.2) is 15.0 Å². The van der Waals surface area contributed by atoms with E-state index in [1.165, 1.54) is 6.33 Å². The van der Waals surface area contributed by atoms with Crippen molar-refractivity contribution < 1.29 is 4.74 Å². The van der Waals surface area contributed by atoms with E-state index in [0.717, 1.165) is 54.8 Å². The summed E-state index contributed by atoms with van der Waals surface area (Å²) in [6.45, 7) is 3.65. The third kappa shape index (κ3) is 3.50. The van der Waals surface area contributed by atoms with Crippen molar-refractivity contribution >= 4 is 40.0 Å². The highest BCUT2D eigenvalue weighted by Gasteiger charge is 2.33. The number of hydrogen-bond acceptors (Lipinski definition) is 8. The molecule has 158 valence electrons. The molecule has 3 aromatic rings. The Morgan fingerprint density at radius 2 is 2.00 bits per heavy atom. The molecule has 31 heavy (non-hydrogen) atoms. The molecule has 2 aliphatic heterocycles. The normalized spacial score (nSPS) is 19.0. The van der Waals surface area contributed by atoms with Gasteiger partial charge in [0.2, 0.25) is 0 Å². The van der Waals surface area contributed by atoms with Crippen LogP contribution in [0.4, 0.5) is 17.5 Å². The van der Waals surface area contributed by atoms with Crippen LogP contribution in [0.15, 0.2) is 30.6 Å². The second kappa shape index (κ2) is 8.17. The van der Waals surface area contributed by atoms with Crippen molar-refractivity contribution in [3.63, 3.8) is 0 Å². The number of hydrogen-bond donors (Lipinski definition) is 1. The SMILES string of the molecule is N#Cc1c(N)ncnc1N1CCC[C@@H]1c1cc2cccc(Cl)c2nc1N1CCOCC1. The Labute approximate surface area is 185 Å². The average molecular weight is 436 g/mol. The number of para-hydroxylation sites is 1. The molecular weight excluding hydrogens is 414 g/mol. The lowest BCUT2D eigenvalue weighted by molar-refractivity contribution is 0.122. The summed E-state index contributed by atoms with van der Waals surface area (Å²) in [5.74, 6) is 1.70. The molecule has 2 fully saturated rings. The van der Waals surface area contributed by atoms with Gasteiger partial charge in [-0.05, 0) is 25.0 Å². The molecular formula is C22H22ClN7O. The van der Waals surface area contributed by atoms with Crippen LogP contribution in [0.25, 0.3) is 10.9 Å². The van der Waals surface area contributed by atoms with Crippen molar-refractivity contribution in [1.29, 1.82) is 5.26 Å². The maximum Gasteiger partial charge on any atom is 0.152 e. The number of morpholine rings is 1. The van der Waals surface area contributed by atoms with Crippen LogP contribution in [0.2, 0.25) is 5.02 Å². The van der Waals surface area contributed by atoms with E-state index in [1.807, 2.05) is 18.2 Å². The van der Waals surface area contributed by atoms with E-state index < -0.39 is 0 Å². The molecule has 9 heteroatoms. The molecule has 8 nitrogen and oxygen atoms in total. The summed E-state index contributed by atoms with van der Waals surface area (Å²) < 4.78 is 5.56. The molecule has 0 unspecified atom stereocenters. The highest BCUT2D eigenvalue weighted by atomic mass is 35.5. The number of benzene rings is 1. The molecule has 0 spiro atoms. The first-order valence-electron chi connectivity index (χ1n) is 10.4. The third-order valence-electron chi connectivity index (χ3n) is 5.97. The summed E-state index contributed by atoms with van der Waals surface area (Å²) in [5.41, 5.74) is 8.19. The highest BCUT2D eigenvalue weighted by Crippen LogP contribution is 2.42.